The number of halogens is 1. The molecule has 0 atom stereocenters. The van der Waals surface area contributed by atoms with Crippen molar-refractivity contribution in [3.05, 3.63) is 28.8 Å². The Hall–Kier alpha value is -0.770. The molecule has 0 aliphatic carbocycles. The lowest BCUT2D eigenvalue weighted by atomic mass is 10.1. The third-order valence-electron chi connectivity index (χ3n) is 3.22. The van der Waals surface area contributed by atoms with Gasteiger partial charge < -0.3 is 15.0 Å². The summed E-state index contributed by atoms with van der Waals surface area (Å²) >= 11 is 6.49. The van der Waals surface area contributed by atoms with Gasteiger partial charge in [-0.2, -0.15) is 0 Å². The quantitative estimate of drug-likeness (QED) is 0.747. The highest BCUT2D eigenvalue weighted by atomic mass is 35.5. The average molecular weight is 313 g/mol. The minimum absolute atomic E-state index is 0.475. The maximum Gasteiger partial charge on any atom is 0.0642 e. The number of benzene rings is 1. The fraction of sp³-hybridized carbons (Fsp3) is 0.647. The van der Waals surface area contributed by atoms with Gasteiger partial charge in [0.15, 0.2) is 0 Å². The van der Waals surface area contributed by atoms with Crippen LogP contribution in [0.25, 0.3) is 0 Å². The minimum atomic E-state index is 0.475. The Labute approximate surface area is 134 Å². The normalized spacial score (nSPS) is 11.4. The summed E-state index contributed by atoms with van der Waals surface area (Å²) in [4.78, 5) is 2.30. The molecule has 0 saturated heterocycles. The van der Waals surface area contributed by atoms with Crippen LogP contribution in [0.1, 0.15) is 33.3 Å². The SMILES string of the molecule is COCCN(CC(C)C)c1ccc(CNC(C)C)cc1Cl. The van der Waals surface area contributed by atoms with Gasteiger partial charge in [-0.3, -0.25) is 0 Å². The Morgan fingerprint density at radius 2 is 1.95 bits per heavy atom. The molecule has 1 aromatic rings. The highest BCUT2D eigenvalue weighted by Gasteiger charge is 2.12. The lowest BCUT2D eigenvalue weighted by molar-refractivity contribution is 0.204. The number of nitrogens with one attached hydrogen (secondary N) is 1. The predicted molar refractivity (Wildman–Crippen MR) is 92.4 cm³/mol. The first-order valence-corrected chi connectivity index (χ1v) is 8.07. The zero-order valence-electron chi connectivity index (χ0n) is 13.9. The number of anilines is 1. The van der Waals surface area contributed by atoms with E-state index in [0.29, 0.717) is 18.6 Å². The highest BCUT2D eigenvalue weighted by molar-refractivity contribution is 6.33. The van der Waals surface area contributed by atoms with Gasteiger partial charge in [-0.25, -0.2) is 0 Å². The fourth-order valence-corrected chi connectivity index (χ4v) is 2.51. The molecular formula is C17H29ClN2O. The molecule has 1 aromatic carbocycles. The molecule has 0 unspecified atom stereocenters. The van der Waals surface area contributed by atoms with Crippen molar-refractivity contribution in [2.24, 2.45) is 5.92 Å². The van der Waals surface area contributed by atoms with Crippen molar-refractivity contribution in [2.45, 2.75) is 40.3 Å². The van der Waals surface area contributed by atoms with E-state index in [9.17, 15) is 0 Å². The van der Waals surface area contributed by atoms with E-state index in [1.54, 1.807) is 7.11 Å². The average Bonchev–Trinajstić information content (AvgIpc) is 2.41. The maximum atomic E-state index is 6.49. The van der Waals surface area contributed by atoms with E-state index in [1.807, 2.05) is 0 Å². The summed E-state index contributed by atoms with van der Waals surface area (Å²) in [5.41, 5.74) is 2.31. The molecule has 0 bridgehead atoms. The third kappa shape index (κ3) is 6.68. The van der Waals surface area contributed by atoms with Crippen LogP contribution in [0.3, 0.4) is 0 Å². The van der Waals surface area contributed by atoms with E-state index in [4.69, 9.17) is 16.3 Å². The van der Waals surface area contributed by atoms with Crippen molar-refractivity contribution < 1.29 is 4.74 Å². The standard InChI is InChI=1S/C17H29ClN2O/c1-13(2)12-20(8-9-21-5)17-7-6-15(10-16(17)18)11-19-14(3)4/h6-7,10,13-14,19H,8-9,11-12H2,1-5H3. The van der Waals surface area contributed by atoms with Gasteiger partial charge in [0.1, 0.15) is 0 Å². The smallest absolute Gasteiger partial charge is 0.0642 e. The van der Waals surface area contributed by atoms with E-state index in [1.165, 1.54) is 5.56 Å². The summed E-state index contributed by atoms with van der Waals surface area (Å²) in [5.74, 6) is 0.584. The Morgan fingerprint density at radius 3 is 2.48 bits per heavy atom. The summed E-state index contributed by atoms with van der Waals surface area (Å²) in [6, 6.07) is 6.81. The van der Waals surface area contributed by atoms with Crippen LogP contribution in [0, 0.1) is 5.92 Å². The van der Waals surface area contributed by atoms with Gasteiger partial charge in [0.25, 0.3) is 0 Å². The second-order valence-electron chi connectivity index (χ2n) is 6.15. The van der Waals surface area contributed by atoms with Gasteiger partial charge >= 0.3 is 0 Å². The molecule has 1 N–H and O–H groups in total. The number of rotatable bonds is 9. The van der Waals surface area contributed by atoms with E-state index in [-0.39, 0.29) is 0 Å². The fourth-order valence-electron chi connectivity index (χ4n) is 2.19. The molecule has 0 fully saturated rings. The number of nitrogens with zero attached hydrogens (tertiary/aromatic N) is 1. The summed E-state index contributed by atoms with van der Waals surface area (Å²) in [6.07, 6.45) is 0. The van der Waals surface area contributed by atoms with Crippen LogP contribution in [0.15, 0.2) is 18.2 Å². The molecule has 0 aliphatic rings. The van der Waals surface area contributed by atoms with Gasteiger partial charge in [0, 0.05) is 32.8 Å². The van der Waals surface area contributed by atoms with Gasteiger partial charge in [0.05, 0.1) is 17.3 Å². The van der Waals surface area contributed by atoms with E-state index in [0.717, 1.165) is 30.3 Å². The van der Waals surface area contributed by atoms with Crippen molar-refractivity contribution in [1.29, 1.82) is 0 Å². The van der Waals surface area contributed by atoms with Crippen molar-refractivity contribution in [1.82, 2.24) is 5.32 Å². The van der Waals surface area contributed by atoms with Gasteiger partial charge in [-0.15, -0.1) is 0 Å². The van der Waals surface area contributed by atoms with Crippen LogP contribution in [-0.2, 0) is 11.3 Å². The molecule has 0 aromatic heterocycles. The third-order valence-corrected chi connectivity index (χ3v) is 3.52. The molecule has 0 aliphatic heterocycles. The molecule has 0 saturated carbocycles. The molecule has 0 radical (unpaired) electrons. The molecule has 0 heterocycles. The highest BCUT2D eigenvalue weighted by Crippen LogP contribution is 2.27. The molecule has 0 spiro atoms. The van der Waals surface area contributed by atoms with Crippen molar-refractivity contribution in [3.8, 4) is 0 Å². The summed E-state index contributed by atoms with van der Waals surface area (Å²) in [5, 5.41) is 4.23. The largest absolute Gasteiger partial charge is 0.383 e. The van der Waals surface area contributed by atoms with E-state index in [2.05, 4.69) is 56.1 Å². The Kier molecular flexibility index (Phi) is 8.09. The van der Waals surface area contributed by atoms with E-state index < -0.39 is 0 Å². The zero-order chi connectivity index (χ0) is 15.8. The Balaban J connectivity index is 2.82. The molecule has 120 valence electrons. The second-order valence-corrected chi connectivity index (χ2v) is 6.56. The van der Waals surface area contributed by atoms with Gasteiger partial charge in [-0.05, 0) is 23.6 Å². The predicted octanol–water partition coefficient (Wildman–Crippen LogP) is 3.95. The van der Waals surface area contributed by atoms with Crippen molar-refractivity contribution in [3.63, 3.8) is 0 Å². The van der Waals surface area contributed by atoms with Crippen molar-refractivity contribution in [2.75, 3.05) is 31.7 Å². The molecule has 21 heavy (non-hydrogen) atoms. The first kappa shape index (κ1) is 18.3. The molecular weight excluding hydrogens is 284 g/mol. The number of hydrogen-bond acceptors (Lipinski definition) is 3. The lowest BCUT2D eigenvalue weighted by Crippen LogP contribution is -2.31. The van der Waals surface area contributed by atoms with Crippen LogP contribution in [-0.4, -0.2) is 32.8 Å². The summed E-state index contributed by atoms with van der Waals surface area (Å²) < 4.78 is 5.21. The molecule has 1 rings (SSSR count). The van der Waals surface area contributed by atoms with Gasteiger partial charge in [-0.1, -0.05) is 45.4 Å². The van der Waals surface area contributed by atoms with Crippen LogP contribution >= 0.6 is 11.6 Å². The molecule has 4 heteroatoms. The monoisotopic (exact) mass is 312 g/mol. The lowest BCUT2D eigenvalue weighted by Gasteiger charge is -2.27. The Morgan fingerprint density at radius 1 is 1.24 bits per heavy atom. The first-order chi connectivity index (χ1) is 9.93. The van der Waals surface area contributed by atoms with Crippen LogP contribution in [0.4, 0.5) is 5.69 Å². The van der Waals surface area contributed by atoms with Crippen LogP contribution in [0.5, 0.6) is 0 Å². The number of hydrogen-bond donors (Lipinski definition) is 1. The zero-order valence-corrected chi connectivity index (χ0v) is 14.7. The summed E-state index contributed by atoms with van der Waals surface area (Å²) in [6.45, 7) is 12.1. The molecule has 3 nitrogen and oxygen atoms in total. The minimum Gasteiger partial charge on any atom is -0.383 e. The van der Waals surface area contributed by atoms with Gasteiger partial charge in [0.2, 0.25) is 0 Å². The maximum absolute atomic E-state index is 6.49. The van der Waals surface area contributed by atoms with Crippen molar-refractivity contribution >= 4 is 17.3 Å². The van der Waals surface area contributed by atoms with Crippen LogP contribution in [0.2, 0.25) is 5.02 Å². The summed E-state index contributed by atoms with van der Waals surface area (Å²) in [7, 11) is 1.73. The first-order valence-electron chi connectivity index (χ1n) is 7.69. The Bertz CT molecular complexity index is 421. The van der Waals surface area contributed by atoms with Crippen LogP contribution < -0.4 is 10.2 Å². The number of methoxy groups -OCH3 is 1. The number of ether oxygens (including phenoxy) is 1. The topological polar surface area (TPSA) is 24.5 Å². The second kappa shape index (κ2) is 9.29. The molecule has 0 amide bonds. The van der Waals surface area contributed by atoms with E-state index >= 15 is 0 Å².